The lowest BCUT2D eigenvalue weighted by molar-refractivity contribution is 0.624. The number of fused-ring (bicyclic) bond motifs is 18. The van der Waals surface area contributed by atoms with E-state index in [4.69, 9.17) is 4.99 Å². The number of anilines is 1. The molecule has 1 unspecified atom stereocenters. The summed E-state index contributed by atoms with van der Waals surface area (Å²) in [6, 6.07) is 63.4. The molecule has 0 bridgehead atoms. The minimum Gasteiger partial charge on any atom is -0.346 e. The third kappa shape index (κ3) is 3.91. The van der Waals surface area contributed by atoms with E-state index >= 15 is 0 Å². The van der Waals surface area contributed by atoms with Gasteiger partial charge in [0.15, 0.2) is 0 Å². The predicted molar refractivity (Wildman–Crippen MR) is 245 cm³/mol. The maximum Gasteiger partial charge on any atom is 0.201 e. The Bertz CT molecular complexity index is 3580. The van der Waals surface area contributed by atoms with Crippen molar-refractivity contribution in [2.45, 2.75) is 31.5 Å². The molecule has 276 valence electrons. The smallest absolute Gasteiger partial charge is 0.201 e. The Kier molecular flexibility index (Phi) is 5.95. The molecule has 9 aromatic carbocycles. The molecule has 1 aromatic heterocycles. The van der Waals surface area contributed by atoms with Crippen LogP contribution in [0, 0.1) is 0 Å². The third-order valence-electron chi connectivity index (χ3n) is 14.2. The maximum absolute atomic E-state index is 5.91. The van der Waals surface area contributed by atoms with Crippen LogP contribution in [0.1, 0.15) is 65.0 Å². The first kappa shape index (κ1) is 31.8. The van der Waals surface area contributed by atoms with Crippen molar-refractivity contribution in [1.29, 1.82) is 0 Å². The summed E-state index contributed by atoms with van der Waals surface area (Å²) in [6.45, 7) is 4.75. The van der Waals surface area contributed by atoms with Crippen molar-refractivity contribution < 1.29 is 0 Å². The molecule has 59 heavy (non-hydrogen) atoms. The largest absolute Gasteiger partial charge is 0.346 e. The molecule has 0 radical (unpaired) electrons. The number of nitrogens with one attached hydrogen (secondary N) is 1. The number of aromatic nitrogens is 1. The molecule has 0 saturated carbocycles. The van der Waals surface area contributed by atoms with Crippen LogP contribution in [-0.2, 0) is 5.41 Å². The summed E-state index contributed by atoms with van der Waals surface area (Å²) in [5, 5.41) is 11.6. The zero-order chi connectivity index (χ0) is 38.7. The monoisotopic (exact) mass is 751 g/mol. The second-order valence-corrected chi connectivity index (χ2v) is 17.4. The number of aliphatic imine (C=N–C) groups is 1. The van der Waals surface area contributed by atoms with Gasteiger partial charge in [-0.15, -0.1) is 0 Å². The quantitative estimate of drug-likeness (QED) is 0.187. The van der Waals surface area contributed by atoms with Gasteiger partial charge in [-0.25, -0.2) is 4.99 Å². The van der Waals surface area contributed by atoms with Crippen LogP contribution in [0.4, 0.5) is 5.69 Å². The lowest BCUT2D eigenvalue weighted by Gasteiger charge is -2.31. The summed E-state index contributed by atoms with van der Waals surface area (Å²) in [7, 11) is 0. The minimum atomic E-state index is -0.415. The summed E-state index contributed by atoms with van der Waals surface area (Å²) in [5.41, 5.74) is 21.8. The minimum absolute atomic E-state index is 0.185. The summed E-state index contributed by atoms with van der Waals surface area (Å²) in [6.07, 6.45) is -0.415. The van der Waals surface area contributed by atoms with Crippen LogP contribution in [0.3, 0.4) is 0 Å². The fourth-order valence-corrected chi connectivity index (χ4v) is 11.9. The number of benzene rings is 9. The van der Waals surface area contributed by atoms with Crippen LogP contribution in [0.15, 0.2) is 175 Å². The molecule has 3 aliphatic carbocycles. The van der Waals surface area contributed by atoms with Crippen LogP contribution in [0.5, 0.6) is 0 Å². The number of nitrogens with zero attached hydrogens (tertiary/aromatic N) is 2. The van der Waals surface area contributed by atoms with Gasteiger partial charge >= 0.3 is 0 Å². The average molecular weight is 752 g/mol. The molecule has 0 fully saturated rings. The second-order valence-electron chi connectivity index (χ2n) is 17.4. The van der Waals surface area contributed by atoms with Crippen molar-refractivity contribution in [3.8, 4) is 33.4 Å². The summed E-state index contributed by atoms with van der Waals surface area (Å²) < 4.78 is 2.54. The normalized spacial score (nSPS) is 17.4. The Labute approximate surface area is 341 Å². The number of hydrogen-bond acceptors (Lipinski definition) is 2. The van der Waals surface area contributed by atoms with Gasteiger partial charge in [0.2, 0.25) is 6.29 Å². The van der Waals surface area contributed by atoms with E-state index in [1.54, 1.807) is 0 Å². The molecular weight excluding hydrogens is 715 g/mol. The Balaban J connectivity index is 1.12. The number of para-hydroxylation sites is 1. The first-order valence-electron chi connectivity index (χ1n) is 20.9. The van der Waals surface area contributed by atoms with Gasteiger partial charge in [0.25, 0.3) is 0 Å². The fraction of sp³-hybridized carbons (Fsp3) is 0.0893. The van der Waals surface area contributed by atoms with E-state index in [-0.39, 0.29) is 11.3 Å². The molecule has 3 nitrogen and oxygen atoms in total. The fourth-order valence-electron chi connectivity index (χ4n) is 11.9. The highest BCUT2D eigenvalue weighted by atomic mass is 15.3. The maximum atomic E-state index is 5.91. The van der Waals surface area contributed by atoms with Crippen molar-refractivity contribution in [3.63, 3.8) is 0 Å². The van der Waals surface area contributed by atoms with Gasteiger partial charge in [-0.3, -0.25) is 0 Å². The second kappa shape index (κ2) is 11.0. The van der Waals surface area contributed by atoms with Crippen molar-refractivity contribution in [3.05, 3.63) is 209 Å². The van der Waals surface area contributed by atoms with E-state index in [1.807, 2.05) is 0 Å². The van der Waals surface area contributed by atoms with E-state index in [0.717, 1.165) is 17.0 Å². The SMILES string of the molecule is CC1(C)c2ccccc2-c2cccc(C3=NC(n4c5cc6ccccc6cc5c5c6c(c7ccccc7c54)[C@H]4c5ccccc5-c5cccc-6c54)Nc4ccccc43)c21. The Morgan fingerprint density at radius 1 is 0.525 bits per heavy atom. The van der Waals surface area contributed by atoms with E-state index in [9.17, 15) is 0 Å². The molecular formula is C56H37N3. The molecule has 1 N–H and O–H groups in total. The molecule has 0 saturated heterocycles. The number of hydrogen-bond donors (Lipinski definition) is 1. The lowest BCUT2D eigenvalue weighted by atomic mass is 9.78. The van der Waals surface area contributed by atoms with E-state index in [0.29, 0.717) is 0 Å². The molecule has 0 spiro atoms. The topological polar surface area (TPSA) is 29.3 Å². The highest BCUT2D eigenvalue weighted by Crippen LogP contribution is 2.62. The Morgan fingerprint density at radius 3 is 2.03 bits per heavy atom. The molecule has 2 heterocycles. The Hall–Kier alpha value is -7.23. The molecule has 14 rings (SSSR count). The molecule has 10 aromatic rings. The highest BCUT2D eigenvalue weighted by Gasteiger charge is 2.43. The van der Waals surface area contributed by atoms with Gasteiger partial charge in [0.1, 0.15) is 0 Å². The average Bonchev–Trinajstić information content (AvgIpc) is 3.98. The van der Waals surface area contributed by atoms with Gasteiger partial charge in [0, 0.05) is 44.3 Å². The standard InChI is InChI=1S/C56H37N3/c1-56(2)44-27-11-9-18-34(44)38-24-14-26-42(52(38)56)53-40-22-10-12-28-45(40)57-55(58-53)59-46-30-32-16-4-3-15-31(32)29-43(46)51-50-41-25-13-23-35-33-17-5-6-19-36(33)48(47(35)41)49(50)37-20-7-8-21-39(37)54(51)59/h3-30,48,55,57H,1-2H3/t48-,55?/m0/s1. The molecule has 1 aliphatic heterocycles. The van der Waals surface area contributed by atoms with Crippen molar-refractivity contribution in [1.82, 2.24) is 4.57 Å². The molecule has 2 atom stereocenters. The molecule has 4 aliphatic rings. The summed E-state index contributed by atoms with van der Waals surface area (Å²) in [4.78, 5) is 5.91. The molecule has 0 amide bonds. The predicted octanol–water partition coefficient (Wildman–Crippen LogP) is 14.0. The van der Waals surface area contributed by atoms with Gasteiger partial charge in [-0.1, -0.05) is 166 Å². The highest BCUT2D eigenvalue weighted by molar-refractivity contribution is 6.28. The van der Waals surface area contributed by atoms with Crippen molar-refractivity contribution in [2.24, 2.45) is 4.99 Å². The first-order chi connectivity index (χ1) is 29.1. The van der Waals surface area contributed by atoms with E-state index in [1.165, 1.54) is 110 Å². The number of rotatable bonds is 2. The van der Waals surface area contributed by atoms with Crippen molar-refractivity contribution in [2.75, 3.05) is 5.32 Å². The molecule has 3 heteroatoms. The lowest BCUT2D eigenvalue weighted by Crippen LogP contribution is -2.27. The first-order valence-corrected chi connectivity index (χ1v) is 20.9. The summed E-state index contributed by atoms with van der Waals surface area (Å²) in [5.74, 6) is 0.192. The van der Waals surface area contributed by atoms with Crippen LogP contribution >= 0.6 is 0 Å². The van der Waals surface area contributed by atoms with Gasteiger partial charge < -0.3 is 9.88 Å². The zero-order valence-electron chi connectivity index (χ0n) is 32.7. The van der Waals surface area contributed by atoms with E-state index in [2.05, 4.69) is 194 Å². The Morgan fingerprint density at radius 2 is 1.17 bits per heavy atom. The summed E-state index contributed by atoms with van der Waals surface area (Å²) >= 11 is 0. The zero-order valence-corrected chi connectivity index (χ0v) is 32.7. The van der Waals surface area contributed by atoms with Crippen molar-refractivity contribution >= 4 is 54.7 Å². The van der Waals surface area contributed by atoms with E-state index < -0.39 is 6.29 Å². The van der Waals surface area contributed by atoms with Crippen LogP contribution in [-0.4, -0.2) is 10.3 Å². The van der Waals surface area contributed by atoms with Gasteiger partial charge in [0.05, 0.1) is 16.7 Å². The van der Waals surface area contributed by atoms with Gasteiger partial charge in [-0.05, 0) is 95.6 Å². The van der Waals surface area contributed by atoms with Gasteiger partial charge in [-0.2, -0.15) is 0 Å². The van der Waals surface area contributed by atoms with Crippen LogP contribution in [0.2, 0.25) is 0 Å². The third-order valence-corrected chi connectivity index (χ3v) is 14.2. The van der Waals surface area contributed by atoms with Crippen LogP contribution in [0.25, 0.3) is 76.7 Å². The van der Waals surface area contributed by atoms with Crippen LogP contribution < -0.4 is 5.32 Å².